The molecule has 3 heterocycles. The number of thiophene rings is 1. The summed E-state index contributed by atoms with van der Waals surface area (Å²) < 4.78 is 1.27. The second-order valence-electron chi connectivity index (χ2n) is 8.10. The van der Waals surface area contributed by atoms with Crippen molar-refractivity contribution in [2.45, 2.75) is 33.0 Å². The van der Waals surface area contributed by atoms with Crippen LogP contribution in [0.5, 0.6) is 0 Å². The Morgan fingerprint density at radius 2 is 2.16 bits per heavy atom. The SMILES string of the molecule is Cc1c(CN(C)C(=O)C=Cc2cnc3c(c2)CN(C)C(C)CN3)sc2ccccc12.Cl. The molecule has 1 atom stereocenters. The number of nitrogens with zero attached hydrogens (tertiary/aromatic N) is 3. The number of aromatic nitrogens is 1. The van der Waals surface area contributed by atoms with Crippen molar-refractivity contribution in [3.8, 4) is 0 Å². The van der Waals surface area contributed by atoms with Gasteiger partial charge in [-0.1, -0.05) is 18.2 Å². The molecule has 3 aromatic rings. The first-order valence-corrected chi connectivity index (χ1v) is 11.1. The molecular formula is C24H29ClN4OS. The standard InChI is InChI=1S/C24H28N4OS.ClH/c1-16-12-25-24-19(14-27(16)3)11-18(13-26-24)9-10-23(29)28(4)15-22-17(2)20-7-5-6-8-21(20)30-22;/h5-11,13,16H,12,14-15H2,1-4H3,(H,25,26);1H. The molecule has 1 aromatic carbocycles. The average molecular weight is 457 g/mol. The number of rotatable bonds is 4. The lowest BCUT2D eigenvalue weighted by Gasteiger charge is -2.20. The van der Waals surface area contributed by atoms with E-state index in [9.17, 15) is 4.79 Å². The van der Waals surface area contributed by atoms with Crippen LogP contribution in [0.4, 0.5) is 5.82 Å². The summed E-state index contributed by atoms with van der Waals surface area (Å²) in [5, 5.41) is 4.68. The van der Waals surface area contributed by atoms with E-state index >= 15 is 0 Å². The van der Waals surface area contributed by atoms with Crippen molar-refractivity contribution in [1.29, 1.82) is 0 Å². The monoisotopic (exact) mass is 456 g/mol. The Morgan fingerprint density at radius 1 is 1.39 bits per heavy atom. The topological polar surface area (TPSA) is 48.5 Å². The molecule has 0 aliphatic carbocycles. The zero-order valence-electron chi connectivity index (χ0n) is 18.4. The molecule has 0 bridgehead atoms. The van der Waals surface area contributed by atoms with Gasteiger partial charge >= 0.3 is 0 Å². The second kappa shape index (κ2) is 9.81. The zero-order valence-corrected chi connectivity index (χ0v) is 20.0. The number of carbonyl (C=O) groups is 1. The number of nitrogens with one attached hydrogen (secondary N) is 1. The van der Waals surface area contributed by atoms with E-state index in [1.54, 1.807) is 22.3 Å². The molecule has 0 spiro atoms. The number of halogens is 1. The first-order chi connectivity index (χ1) is 14.4. The highest BCUT2D eigenvalue weighted by atomic mass is 35.5. The van der Waals surface area contributed by atoms with Crippen molar-refractivity contribution >= 4 is 51.6 Å². The van der Waals surface area contributed by atoms with Gasteiger partial charge in [0, 0.05) is 53.6 Å². The van der Waals surface area contributed by atoms with Gasteiger partial charge in [-0.05, 0) is 55.6 Å². The third kappa shape index (κ3) is 5.09. The number of aryl methyl sites for hydroxylation is 1. The summed E-state index contributed by atoms with van der Waals surface area (Å²) in [6.45, 7) is 6.68. The Balaban J connectivity index is 0.00000272. The smallest absolute Gasteiger partial charge is 0.246 e. The van der Waals surface area contributed by atoms with Gasteiger partial charge in [0.2, 0.25) is 5.91 Å². The van der Waals surface area contributed by atoms with Crippen molar-refractivity contribution in [3.05, 3.63) is 64.2 Å². The van der Waals surface area contributed by atoms with E-state index in [-0.39, 0.29) is 18.3 Å². The fourth-order valence-electron chi connectivity index (χ4n) is 3.69. The Kier molecular flexibility index (Phi) is 7.36. The van der Waals surface area contributed by atoms with E-state index in [4.69, 9.17) is 0 Å². The van der Waals surface area contributed by atoms with Crippen LogP contribution in [-0.4, -0.2) is 47.4 Å². The molecule has 4 rings (SSSR count). The summed E-state index contributed by atoms with van der Waals surface area (Å²) in [5.41, 5.74) is 3.36. The molecule has 1 N–H and O–H groups in total. The number of anilines is 1. The van der Waals surface area contributed by atoms with Crippen LogP contribution < -0.4 is 5.32 Å². The number of hydrogen-bond acceptors (Lipinski definition) is 5. The molecule has 164 valence electrons. The van der Waals surface area contributed by atoms with Crippen LogP contribution in [0.1, 0.15) is 28.5 Å². The summed E-state index contributed by atoms with van der Waals surface area (Å²) in [5.74, 6) is 0.928. The Bertz CT molecular complexity index is 1110. The second-order valence-corrected chi connectivity index (χ2v) is 9.23. The maximum Gasteiger partial charge on any atom is 0.246 e. The van der Waals surface area contributed by atoms with Gasteiger partial charge in [-0.3, -0.25) is 9.69 Å². The van der Waals surface area contributed by atoms with E-state index in [1.807, 2.05) is 19.3 Å². The molecule has 31 heavy (non-hydrogen) atoms. The summed E-state index contributed by atoms with van der Waals surface area (Å²) >= 11 is 1.76. The van der Waals surface area contributed by atoms with Gasteiger partial charge in [0.05, 0.1) is 6.54 Å². The quantitative estimate of drug-likeness (QED) is 0.564. The van der Waals surface area contributed by atoms with Crippen LogP contribution in [0.25, 0.3) is 16.2 Å². The van der Waals surface area contributed by atoms with Crippen molar-refractivity contribution in [2.24, 2.45) is 0 Å². The van der Waals surface area contributed by atoms with E-state index in [1.165, 1.54) is 20.5 Å². The van der Waals surface area contributed by atoms with Crippen LogP contribution in [0.2, 0.25) is 0 Å². The largest absolute Gasteiger partial charge is 0.368 e. The molecule has 0 saturated carbocycles. The predicted molar refractivity (Wildman–Crippen MR) is 133 cm³/mol. The lowest BCUT2D eigenvalue weighted by atomic mass is 10.1. The zero-order chi connectivity index (χ0) is 21.3. The Morgan fingerprint density at radius 3 is 2.94 bits per heavy atom. The van der Waals surface area contributed by atoms with Crippen LogP contribution in [0.15, 0.2) is 42.6 Å². The highest BCUT2D eigenvalue weighted by Gasteiger charge is 2.18. The summed E-state index contributed by atoms with van der Waals surface area (Å²) in [7, 11) is 3.98. The number of hydrogen-bond donors (Lipinski definition) is 1. The van der Waals surface area contributed by atoms with Gasteiger partial charge in [0.15, 0.2) is 0 Å². The molecular weight excluding hydrogens is 428 g/mol. The molecule has 7 heteroatoms. The fourth-order valence-corrected chi connectivity index (χ4v) is 4.95. The number of benzene rings is 1. The molecule has 0 fully saturated rings. The highest BCUT2D eigenvalue weighted by molar-refractivity contribution is 7.19. The normalized spacial score (nSPS) is 16.5. The number of likely N-dealkylation sites (N-methyl/N-ethyl adjacent to an activating group) is 2. The van der Waals surface area contributed by atoms with Crippen LogP contribution in [0, 0.1) is 6.92 Å². The maximum absolute atomic E-state index is 12.7. The average Bonchev–Trinajstić information content (AvgIpc) is 2.98. The summed E-state index contributed by atoms with van der Waals surface area (Å²) in [4.78, 5) is 22.6. The van der Waals surface area contributed by atoms with Gasteiger partial charge < -0.3 is 10.2 Å². The third-order valence-electron chi connectivity index (χ3n) is 5.84. The fraction of sp³-hybridized carbons (Fsp3) is 0.333. The van der Waals surface area contributed by atoms with Crippen LogP contribution in [-0.2, 0) is 17.9 Å². The minimum atomic E-state index is -0.00864. The van der Waals surface area contributed by atoms with Crippen molar-refractivity contribution in [2.75, 3.05) is 26.0 Å². The molecule has 0 radical (unpaired) electrons. The molecule has 0 saturated heterocycles. The number of carbonyl (C=O) groups excluding carboxylic acids is 1. The Labute approximate surface area is 194 Å². The van der Waals surface area contributed by atoms with Gasteiger partial charge in [-0.15, -0.1) is 23.7 Å². The maximum atomic E-state index is 12.7. The minimum Gasteiger partial charge on any atom is -0.368 e. The number of pyridine rings is 1. The molecule has 2 aromatic heterocycles. The Hall–Kier alpha value is -2.41. The highest BCUT2D eigenvalue weighted by Crippen LogP contribution is 2.31. The van der Waals surface area contributed by atoms with Crippen LogP contribution in [0.3, 0.4) is 0 Å². The molecule has 1 amide bonds. The van der Waals surface area contributed by atoms with Crippen molar-refractivity contribution < 1.29 is 4.79 Å². The number of fused-ring (bicyclic) bond motifs is 2. The van der Waals surface area contributed by atoms with Crippen LogP contribution >= 0.6 is 23.7 Å². The van der Waals surface area contributed by atoms with E-state index in [2.05, 4.69) is 66.4 Å². The van der Waals surface area contributed by atoms with E-state index < -0.39 is 0 Å². The van der Waals surface area contributed by atoms with Crippen molar-refractivity contribution in [1.82, 2.24) is 14.8 Å². The van der Waals surface area contributed by atoms with E-state index in [0.717, 1.165) is 30.0 Å². The molecule has 1 aliphatic rings. The molecule has 1 aliphatic heterocycles. The summed E-state index contributed by atoms with van der Waals surface area (Å²) in [6.07, 6.45) is 5.32. The van der Waals surface area contributed by atoms with Gasteiger partial charge in [-0.25, -0.2) is 4.98 Å². The molecule has 5 nitrogen and oxygen atoms in total. The minimum absolute atomic E-state index is 0. The van der Waals surface area contributed by atoms with Crippen molar-refractivity contribution in [3.63, 3.8) is 0 Å². The summed E-state index contributed by atoms with van der Waals surface area (Å²) in [6, 6.07) is 11.0. The first kappa shape index (κ1) is 23.3. The number of amides is 1. The van der Waals surface area contributed by atoms with Gasteiger partial charge in [0.1, 0.15) is 5.82 Å². The van der Waals surface area contributed by atoms with Gasteiger partial charge in [0.25, 0.3) is 0 Å². The van der Waals surface area contributed by atoms with Gasteiger partial charge in [-0.2, -0.15) is 0 Å². The molecule has 1 unspecified atom stereocenters. The predicted octanol–water partition coefficient (Wildman–Crippen LogP) is 4.94. The first-order valence-electron chi connectivity index (χ1n) is 10.3. The lowest BCUT2D eigenvalue weighted by Crippen LogP contribution is -2.31. The third-order valence-corrected chi connectivity index (χ3v) is 7.10. The van der Waals surface area contributed by atoms with E-state index in [0.29, 0.717) is 12.6 Å². The lowest BCUT2D eigenvalue weighted by molar-refractivity contribution is -0.125.